The Labute approximate surface area is 127 Å². The molecule has 1 unspecified atom stereocenters. The maximum absolute atomic E-state index is 4.51. The van der Waals surface area contributed by atoms with Gasteiger partial charge in [0.15, 0.2) is 5.65 Å². The highest BCUT2D eigenvalue weighted by molar-refractivity contribution is 5.44. The van der Waals surface area contributed by atoms with E-state index in [2.05, 4.69) is 30.6 Å². The van der Waals surface area contributed by atoms with Gasteiger partial charge in [-0.05, 0) is 18.6 Å². The first kappa shape index (κ1) is 13.2. The summed E-state index contributed by atoms with van der Waals surface area (Å²) in [5.41, 5.74) is 2.00. The van der Waals surface area contributed by atoms with Gasteiger partial charge in [0.1, 0.15) is 5.82 Å². The Bertz CT molecular complexity index is 776. The lowest BCUT2D eigenvalue weighted by Crippen LogP contribution is -2.27. The van der Waals surface area contributed by atoms with Gasteiger partial charge in [-0.1, -0.05) is 5.21 Å². The smallest absolute Gasteiger partial charge is 0.153 e. The predicted octanol–water partition coefficient (Wildman–Crippen LogP) is 0.544. The number of aryl methyl sites for hydroxylation is 1. The molecule has 114 valence electrons. The summed E-state index contributed by atoms with van der Waals surface area (Å²) in [7, 11) is 1.93. The average molecular weight is 298 g/mol. The minimum absolute atomic E-state index is 0.412. The molecule has 0 aliphatic carbocycles. The zero-order chi connectivity index (χ0) is 14.9. The molecule has 22 heavy (non-hydrogen) atoms. The van der Waals surface area contributed by atoms with E-state index in [0.717, 1.165) is 43.2 Å². The molecule has 0 radical (unpaired) electrons. The van der Waals surface area contributed by atoms with Crippen molar-refractivity contribution in [3.05, 3.63) is 36.4 Å². The molecule has 1 aliphatic rings. The van der Waals surface area contributed by atoms with Gasteiger partial charge >= 0.3 is 0 Å². The van der Waals surface area contributed by atoms with Crippen molar-refractivity contribution in [1.29, 1.82) is 0 Å². The topological polar surface area (TPSA) is 76.2 Å². The summed E-state index contributed by atoms with van der Waals surface area (Å²) < 4.78 is 3.62. The molecule has 8 heteroatoms. The quantitative estimate of drug-likeness (QED) is 0.758. The van der Waals surface area contributed by atoms with Crippen LogP contribution in [0.5, 0.6) is 0 Å². The van der Waals surface area contributed by atoms with E-state index in [1.165, 1.54) is 0 Å². The lowest BCUT2D eigenvalue weighted by Gasteiger charge is -2.16. The SMILES string of the molecule is Cn1nncc1CN1CCC(Nc2ccc3nccn3n2)C1. The van der Waals surface area contributed by atoms with Crippen LogP contribution in [0.2, 0.25) is 0 Å². The van der Waals surface area contributed by atoms with Crippen LogP contribution in [0.25, 0.3) is 5.65 Å². The number of anilines is 1. The van der Waals surface area contributed by atoms with Gasteiger partial charge in [-0.25, -0.2) is 9.50 Å². The molecular formula is C14H18N8. The second-order valence-electron chi connectivity index (χ2n) is 5.66. The van der Waals surface area contributed by atoms with Crippen molar-refractivity contribution < 1.29 is 0 Å². The average Bonchev–Trinajstić information content (AvgIpc) is 3.22. The van der Waals surface area contributed by atoms with E-state index in [0.29, 0.717) is 6.04 Å². The van der Waals surface area contributed by atoms with Crippen molar-refractivity contribution in [3.63, 3.8) is 0 Å². The molecule has 1 N–H and O–H groups in total. The zero-order valence-corrected chi connectivity index (χ0v) is 12.4. The first-order valence-electron chi connectivity index (χ1n) is 7.41. The van der Waals surface area contributed by atoms with Crippen LogP contribution in [0.1, 0.15) is 12.1 Å². The van der Waals surface area contributed by atoms with Crippen molar-refractivity contribution in [1.82, 2.24) is 34.5 Å². The Morgan fingerprint density at radius 3 is 3.18 bits per heavy atom. The van der Waals surface area contributed by atoms with Gasteiger partial charge in [0.2, 0.25) is 0 Å². The van der Waals surface area contributed by atoms with Crippen molar-refractivity contribution in [2.45, 2.75) is 19.0 Å². The summed E-state index contributed by atoms with van der Waals surface area (Å²) >= 11 is 0. The molecule has 8 nitrogen and oxygen atoms in total. The van der Waals surface area contributed by atoms with Crippen LogP contribution < -0.4 is 5.32 Å². The molecular weight excluding hydrogens is 280 g/mol. The molecule has 1 atom stereocenters. The lowest BCUT2D eigenvalue weighted by atomic mass is 10.2. The zero-order valence-electron chi connectivity index (χ0n) is 12.4. The number of hydrogen-bond acceptors (Lipinski definition) is 6. The maximum atomic E-state index is 4.51. The number of aromatic nitrogens is 6. The number of nitrogens with one attached hydrogen (secondary N) is 1. The minimum atomic E-state index is 0.412. The third kappa shape index (κ3) is 2.52. The molecule has 0 spiro atoms. The third-order valence-electron chi connectivity index (χ3n) is 4.07. The van der Waals surface area contributed by atoms with E-state index in [1.54, 1.807) is 10.7 Å². The summed E-state index contributed by atoms with van der Waals surface area (Å²) in [5.74, 6) is 0.888. The summed E-state index contributed by atoms with van der Waals surface area (Å²) in [4.78, 5) is 6.61. The molecule has 4 heterocycles. The van der Waals surface area contributed by atoms with Crippen molar-refractivity contribution >= 4 is 11.5 Å². The van der Waals surface area contributed by atoms with E-state index in [1.807, 2.05) is 36.3 Å². The predicted molar refractivity (Wildman–Crippen MR) is 81.3 cm³/mol. The van der Waals surface area contributed by atoms with E-state index < -0.39 is 0 Å². The summed E-state index contributed by atoms with van der Waals surface area (Å²) in [5, 5.41) is 15.9. The molecule has 4 rings (SSSR count). The fraction of sp³-hybridized carbons (Fsp3) is 0.429. The molecule has 0 aromatic carbocycles. The number of rotatable bonds is 4. The Kier molecular flexibility index (Phi) is 3.23. The molecule has 3 aromatic heterocycles. The number of hydrogen-bond donors (Lipinski definition) is 1. The number of imidazole rings is 1. The van der Waals surface area contributed by atoms with Gasteiger partial charge < -0.3 is 5.32 Å². The van der Waals surface area contributed by atoms with Gasteiger partial charge in [0, 0.05) is 45.1 Å². The van der Waals surface area contributed by atoms with Crippen LogP contribution >= 0.6 is 0 Å². The van der Waals surface area contributed by atoms with Crippen molar-refractivity contribution in [2.75, 3.05) is 18.4 Å². The van der Waals surface area contributed by atoms with Gasteiger partial charge in [0.05, 0.1) is 11.9 Å². The van der Waals surface area contributed by atoms with Crippen LogP contribution in [0.15, 0.2) is 30.7 Å². The third-order valence-corrected chi connectivity index (χ3v) is 4.07. The van der Waals surface area contributed by atoms with Crippen molar-refractivity contribution in [3.8, 4) is 0 Å². The highest BCUT2D eigenvalue weighted by atomic mass is 15.4. The molecule has 0 saturated carbocycles. The Balaban J connectivity index is 1.39. The number of fused-ring (bicyclic) bond motifs is 1. The molecule has 1 aliphatic heterocycles. The maximum Gasteiger partial charge on any atom is 0.153 e. The van der Waals surface area contributed by atoms with E-state index in [4.69, 9.17) is 0 Å². The van der Waals surface area contributed by atoms with Gasteiger partial charge in [-0.3, -0.25) is 9.58 Å². The summed E-state index contributed by atoms with van der Waals surface area (Å²) in [6, 6.07) is 4.37. The second kappa shape index (κ2) is 5.38. The lowest BCUT2D eigenvalue weighted by molar-refractivity contribution is 0.318. The molecule has 1 saturated heterocycles. The second-order valence-corrected chi connectivity index (χ2v) is 5.66. The minimum Gasteiger partial charge on any atom is -0.365 e. The first-order chi connectivity index (χ1) is 10.8. The standard InChI is InChI=1S/C14H18N8/c1-20-12(8-16-19-20)10-21-6-4-11(9-21)17-13-2-3-14-15-5-7-22(14)18-13/h2-3,5,7-8,11H,4,6,9-10H2,1H3,(H,17,18). The highest BCUT2D eigenvalue weighted by Gasteiger charge is 2.23. The van der Waals surface area contributed by atoms with E-state index >= 15 is 0 Å². The Morgan fingerprint density at radius 1 is 1.36 bits per heavy atom. The van der Waals surface area contributed by atoms with E-state index in [-0.39, 0.29) is 0 Å². The largest absolute Gasteiger partial charge is 0.365 e. The van der Waals surface area contributed by atoms with Gasteiger partial charge in [-0.15, -0.1) is 10.2 Å². The van der Waals surface area contributed by atoms with Gasteiger partial charge in [0.25, 0.3) is 0 Å². The summed E-state index contributed by atoms with van der Waals surface area (Å²) in [6.07, 6.45) is 6.55. The monoisotopic (exact) mass is 298 g/mol. The van der Waals surface area contributed by atoms with Crippen LogP contribution in [0.4, 0.5) is 5.82 Å². The summed E-state index contributed by atoms with van der Waals surface area (Å²) in [6.45, 7) is 2.95. The Morgan fingerprint density at radius 2 is 2.32 bits per heavy atom. The van der Waals surface area contributed by atoms with Crippen molar-refractivity contribution in [2.24, 2.45) is 7.05 Å². The molecule has 3 aromatic rings. The van der Waals surface area contributed by atoms with Gasteiger partial charge in [-0.2, -0.15) is 0 Å². The highest BCUT2D eigenvalue weighted by Crippen LogP contribution is 2.16. The van der Waals surface area contributed by atoms with Crippen LogP contribution in [0, 0.1) is 0 Å². The molecule has 0 amide bonds. The molecule has 0 bridgehead atoms. The van der Waals surface area contributed by atoms with Crippen LogP contribution in [-0.4, -0.2) is 53.6 Å². The fourth-order valence-electron chi connectivity index (χ4n) is 2.88. The first-order valence-corrected chi connectivity index (χ1v) is 7.41. The molecule has 1 fully saturated rings. The van der Waals surface area contributed by atoms with Crippen LogP contribution in [0.3, 0.4) is 0 Å². The van der Waals surface area contributed by atoms with E-state index in [9.17, 15) is 0 Å². The number of likely N-dealkylation sites (tertiary alicyclic amines) is 1. The fourth-order valence-corrected chi connectivity index (χ4v) is 2.88. The number of nitrogens with zero attached hydrogens (tertiary/aromatic N) is 7. The Hall–Kier alpha value is -2.48. The van der Waals surface area contributed by atoms with Crippen LogP contribution in [-0.2, 0) is 13.6 Å². The normalized spacial score (nSPS) is 19.0.